The summed E-state index contributed by atoms with van der Waals surface area (Å²) in [5, 5.41) is 5.75. The number of ether oxygens (including phenoxy) is 2. The first kappa shape index (κ1) is 20.5. The molecule has 3 rings (SSSR count). The molecule has 0 saturated carbocycles. The van der Waals surface area contributed by atoms with E-state index in [0.29, 0.717) is 42.6 Å². The Morgan fingerprint density at radius 3 is 2.31 bits per heavy atom. The molecule has 0 radical (unpaired) electrons. The Kier molecular flexibility index (Phi) is 6.59. The maximum absolute atomic E-state index is 12.7. The third-order valence-corrected chi connectivity index (χ3v) is 4.49. The molecule has 2 N–H and O–H groups in total. The van der Waals surface area contributed by atoms with E-state index in [1.54, 1.807) is 29.2 Å². The van der Waals surface area contributed by atoms with E-state index < -0.39 is 0 Å². The molecule has 0 atom stereocenters. The molecule has 3 amide bonds. The number of carbonyl (C=O) groups excluding carboxylic acids is 2. The van der Waals surface area contributed by atoms with Crippen LogP contribution in [-0.2, 0) is 11.3 Å². The molecule has 1 aliphatic rings. The molecule has 154 valence electrons. The summed E-state index contributed by atoms with van der Waals surface area (Å²) in [6.07, 6.45) is 0.476. The van der Waals surface area contributed by atoms with Gasteiger partial charge in [0.15, 0.2) is 11.5 Å². The highest BCUT2D eigenvalue weighted by atomic mass is 16.7. The zero-order chi connectivity index (χ0) is 20.8. The van der Waals surface area contributed by atoms with Crippen LogP contribution in [0.25, 0.3) is 0 Å². The topological polar surface area (TPSA) is 79.9 Å². The van der Waals surface area contributed by atoms with Crippen LogP contribution in [-0.4, -0.2) is 30.2 Å². The van der Waals surface area contributed by atoms with E-state index in [1.807, 2.05) is 39.0 Å². The minimum atomic E-state index is -0.193. The van der Waals surface area contributed by atoms with Crippen LogP contribution < -0.4 is 20.1 Å². The van der Waals surface area contributed by atoms with Crippen molar-refractivity contribution in [2.24, 2.45) is 5.92 Å². The average molecular weight is 397 g/mol. The van der Waals surface area contributed by atoms with E-state index in [2.05, 4.69) is 10.6 Å². The van der Waals surface area contributed by atoms with Crippen molar-refractivity contribution < 1.29 is 19.1 Å². The smallest absolute Gasteiger partial charge is 0.322 e. The predicted octanol–water partition coefficient (Wildman–Crippen LogP) is 4.45. The van der Waals surface area contributed by atoms with Gasteiger partial charge in [-0.2, -0.15) is 0 Å². The van der Waals surface area contributed by atoms with Crippen LogP contribution in [0.3, 0.4) is 0 Å². The zero-order valence-corrected chi connectivity index (χ0v) is 17.0. The van der Waals surface area contributed by atoms with Crippen LogP contribution in [0, 0.1) is 5.92 Å². The van der Waals surface area contributed by atoms with Crippen molar-refractivity contribution >= 4 is 23.3 Å². The first-order valence-corrected chi connectivity index (χ1v) is 9.79. The summed E-state index contributed by atoms with van der Waals surface area (Å²) in [4.78, 5) is 26.2. The summed E-state index contributed by atoms with van der Waals surface area (Å²) >= 11 is 0. The SMILES string of the molecule is CCN(Cc1ccc2c(c1)OCO2)C(=O)Nc1ccc(NC(=O)CC(C)C)cc1. The van der Waals surface area contributed by atoms with Gasteiger partial charge < -0.3 is 25.0 Å². The molecule has 0 aromatic heterocycles. The fourth-order valence-corrected chi connectivity index (χ4v) is 3.01. The number of amides is 3. The number of nitrogens with zero attached hydrogens (tertiary/aromatic N) is 1. The number of benzene rings is 2. The normalized spacial score (nSPS) is 12.0. The largest absolute Gasteiger partial charge is 0.454 e. The molecule has 7 heteroatoms. The van der Waals surface area contributed by atoms with E-state index in [9.17, 15) is 9.59 Å². The Balaban J connectivity index is 1.57. The van der Waals surface area contributed by atoms with Crippen LogP contribution in [0.4, 0.5) is 16.2 Å². The number of anilines is 2. The summed E-state index contributed by atoms with van der Waals surface area (Å²) in [6, 6.07) is 12.6. The Labute approximate surface area is 171 Å². The lowest BCUT2D eigenvalue weighted by molar-refractivity contribution is -0.116. The molecule has 0 fully saturated rings. The van der Waals surface area contributed by atoms with Crippen molar-refractivity contribution in [1.29, 1.82) is 0 Å². The predicted molar refractivity (Wildman–Crippen MR) is 112 cm³/mol. The third-order valence-electron chi connectivity index (χ3n) is 4.49. The molecule has 0 spiro atoms. The number of fused-ring (bicyclic) bond motifs is 1. The number of rotatable bonds is 7. The van der Waals surface area contributed by atoms with Crippen molar-refractivity contribution in [3.05, 3.63) is 48.0 Å². The summed E-state index contributed by atoms with van der Waals surface area (Å²) in [5.41, 5.74) is 2.34. The van der Waals surface area contributed by atoms with E-state index in [-0.39, 0.29) is 18.7 Å². The second-order valence-electron chi connectivity index (χ2n) is 7.36. The van der Waals surface area contributed by atoms with E-state index >= 15 is 0 Å². The molecule has 2 aromatic rings. The number of urea groups is 1. The maximum atomic E-state index is 12.7. The molecule has 0 bridgehead atoms. The van der Waals surface area contributed by atoms with Gasteiger partial charge in [0, 0.05) is 30.9 Å². The Bertz CT molecular complexity index is 865. The lowest BCUT2D eigenvalue weighted by Gasteiger charge is -2.22. The van der Waals surface area contributed by atoms with Crippen LogP contribution in [0.5, 0.6) is 11.5 Å². The van der Waals surface area contributed by atoms with Gasteiger partial charge in [0.25, 0.3) is 0 Å². The fourth-order valence-electron chi connectivity index (χ4n) is 3.01. The molecule has 0 aliphatic carbocycles. The molecule has 29 heavy (non-hydrogen) atoms. The minimum absolute atomic E-state index is 0.0160. The Hall–Kier alpha value is -3.22. The maximum Gasteiger partial charge on any atom is 0.322 e. The number of hydrogen-bond acceptors (Lipinski definition) is 4. The zero-order valence-electron chi connectivity index (χ0n) is 17.0. The monoisotopic (exact) mass is 397 g/mol. The fraction of sp³-hybridized carbons (Fsp3) is 0.364. The van der Waals surface area contributed by atoms with Crippen molar-refractivity contribution in [2.45, 2.75) is 33.7 Å². The quantitative estimate of drug-likeness (QED) is 0.723. The molecule has 0 unspecified atom stereocenters. The van der Waals surface area contributed by atoms with Gasteiger partial charge in [-0.1, -0.05) is 19.9 Å². The lowest BCUT2D eigenvalue weighted by atomic mass is 10.1. The molecular formula is C22H27N3O4. The second kappa shape index (κ2) is 9.32. The van der Waals surface area contributed by atoms with Crippen molar-refractivity contribution in [2.75, 3.05) is 24.0 Å². The molecule has 1 aliphatic heterocycles. The number of hydrogen-bond donors (Lipinski definition) is 2. The number of carbonyl (C=O) groups is 2. The van der Waals surface area contributed by atoms with Crippen LogP contribution in [0.2, 0.25) is 0 Å². The van der Waals surface area contributed by atoms with Crippen LogP contribution >= 0.6 is 0 Å². The van der Waals surface area contributed by atoms with Gasteiger partial charge in [0.05, 0.1) is 0 Å². The molecule has 2 aromatic carbocycles. The van der Waals surface area contributed by atoms with Crippen molar-refractivity contribution in [3.63, 3.8) is 0 Å². The highest BCUT2D eigenvalue weighted by Gasteiger charge is 2.17. The minimum Gasteiger partial charge on any atom is -0.454 e. The van der Waals surface area contributed by atoms with Gasteiger partial charge >= 0.3 is 6.03 Å². The van der Waals surface area contributed by atoms with Crippen molar-refractivity contribution in [1.82, 2.24) is 4.90 Å². The van der Waals surface area contributed by atoms with E-state index in [0.717, 1.165) is 11.3 Å². The number of nitrogens with one attached hydrogen (secondary N) is 2. The Morgan fingerprint density at radius 2 is 1.66 bits per heavy atom. The summed E-state index contributed by atoms with van der Waals surface area (Å²) < 4.78 is 10.7. The molecular weight excluding hydrogens is 370 g/mol. The summed E-state index contributed by atoms with van der Waals surface area (Å²) in [5.74, 6) is 1.71. The van der Waals surface area contributed by atoms with E-state index in [4.69, 9.17) is 9.47 Å². The summed E-state index contributed by atoms with van der Waals surface area (Å²) in [7, 11) is 0. The molecule has 0 saturated heterocycles. The third kappa shape index (κ3) is 5.63. The highest BCUT2D eigenvalue weighted by molar-refractivity contribution is 5.92. The average Bonchev–Trinajstić information content (AvgIpc) is 3.14. The van der Waals surface area contributed by atoms with Crippen LogP contribution in [0.1, 0.15) is 32.8 Å². The first-order valence-electron chi connectivity index (χ1n) is 9.79. The van der Waals surface area contributed by atoms with Crippen molar-refractivity contribution in [3.8, 4) is 11.5 Å². The van der Waals surface area contributed by atoms with Gasteiger partial charge in [-0.05, 0) is 54.8 Å². The molecule has 1 heterocycles. The highest BCUT2D eigenvalue weighted by Crippen LogP contribution is 2.32. The summed E-state index contributed by atoms with van der Waals surface area (Å²) in [6.45, 7) is 7.18. The van der Waals surface area contributed by atoms with Gasteiger partial charge in [0.1, 0.15) is 0 Å². The first-order chi connectivity index (χ1) is 13.9. The standard InChI is InChI=1S/C22H27N3O4/c1-4-25(13-16-5-10-19-20(12-16)29-14-28-19)22(27)24-18-8-6-17(7-9-18)23-21(26)11-15(2)3/h5-10,12,15H,4,11,13-14H2,1-3H3,(H,23,26)(H,24,27). The van der Waals surface area contributed by atoms with E-state index in [1.165, 1.54) is 0 Å². The van der Waals surface area contributed by atoms with Gasteiger partial charge in [-0.15, -0.1) is 0 Å². The van der Waals surface area contributed by atoms with Crippen LogP contribution in [0.15, 0.2) is 42.5 Å². The molecule has 7 nitrogen and oxygen atoms in total. The Morgan fingerprint density at radius 1 is 1.00 bits per heavy atom. The lowest BCUT2D eigenvalue weighted by Crippen LogP contribution is -2.34. The second-order valence-corrected chi connectivity index (χ2v) is 7.36. The van der Waals surface area contributed by atoms with Gasteiger partial charge in [-0.25, -0.2) is 4.79 Å². The van der Waals surface area contributed by atoms with Gasteiger partial charge in [-0.3, -0.25) is 4.79 Å². The van der Waals surface area contributed by atoms with Gasteiger partial charge in [0.2, 0.25) is 12.7 Å².